The van der Waals surface area contributed by atoms with Crippen LogP contribution in [0.4, 0.5) is 0 Å². The highest BCUT2D eigenvalue weighted by Gasteiger charge is 2.27. The Balaban J connectivity index is 1.88. The maximum atomic E-state index is 11.3. The van der Waals surface area contributed by atoms with Gasteiger partial charge in [-0.15, -0.1) is 0 Å². The molecule has 0 unspecified atom stereocenters. The molecule has 2 aromatic carbocycles. The molecule has 2 heterocycles. The summed E-state index contributed by atoms with van der Waals surface area (Å²) in [5.41, 5.74) is 3.92. The number of benzene rings is 2. The first kappa shape index (κ1) is 20.6. The maximum Gasteiger partial charge on any atom is 0.264 e. The van der Waals surface area contributed by atoms with Crippen molar-refractivity contribution >= 4 is 32.2 Å². The highest BCUT2D eigenvalue weighted by molar-refractivity contribution is 7.85. The molecule has 0 aliphatic heterocycles. The van der Waals surface area contributed by atoms with E-state index in [9.17, 15) is 13.0 Å². The molecular weight excluding hydrogens is 400 g/mol. The average molecular weight is 427 g/mol. The minimum atomic E-state index is -4.02. The van der Waals surface area contributed by atoms with Crippen LogP contribution in [0.3, 0.4) is 0 Å². The van der Waals surface area contributed by atoms with E-state index in [-0.39, 0.29) is 11.7 Å². The third-order valence-electron chi connectivity index (χ3n) is 5.52. The largest absolute Gasteiger partial charge is 0.328 e. The van der Waals surface area contributed by atoms with Crippen molar-refractivity contribution in [2.75, 3.05) is 5.75 Å². The van der Waals surface area contributed by atoms with Gasteiger partial charge in [0.15, 0.2) is 0 Å². The predicted molar refractivity (Wildman–Crippen MR) is 118 cm³/mol. The number of imidazole rings is 2. The topological polar surface area (TPSA) is 90.0 Å². The molecule has 0 saturated heterocycles. The summed E-state index contributed by atoms with van der Waals surface area (Å²) in [6, 6.07) is 16.0. The minimum Gasteiger partial charge on any atom is -0.328 e. The van der Waals surface area contributed by atoms with Crippen LogP contribution in [0.1, 0.15) is 44.3 Å². The summed E-state index contributed by atoms with van der Waals surface area (Å²) < 4.78 is 36.2. The van der Waals surface area contributed by atoms with Gasteiger partial charge in [-0.25, -0.2) is 9.97 Å². The molecule has 0 atom stereocenters. The number of para-hydroxylation sites is 4. The zero-order valence-electron chi connectivity index (χ0n) is 17.2. The predicted octanol–water partition coefficient (Wildman–Crippen LogP) is 4.23. The van der Waals surface area contributed by atoms with Gasteiger partial charge < -0.3 is 9.13 Å². The van der Waals surface area contributed by atoms with Crippen LogP contribution in [0.5, 0.6) is 0 Å². The molecule has 8 heteroatoms. The standard InChI is InChI=1S/C22H26N4O3S/c1-3-25-19-13-7-5-11-17(19)23-21(25)16(10-9-15-30(27,28)29)22-24-18-12-6-8-14-20(18)26(22)4-2/h5-8,11-14,16H,3-4,9-10,15H2,1-2H3,(H,27,28,29). The first-order chi connectivity index (χ1) is 14.4. The lowest BCUT2D eigenvalue weighted by Crippen LogP contribution is -2.16. The number of hydrogen-bond donors (Lipinski definition) is 1. The molecule has 0 radical (unpaired) electrons. The molecule has 0 bridgehead atoms. The number of aromatic nitrogens is 4. The third-order valence-corrected chi connectivity index (χ3v) is 6.32. The van der Waals surface area contributed by atoms with Gasteiger partial charge in [0.05, 0.1) is 33.7 Å². The van der Waals surface area contributed by atoms with Crippen molar-refractivity contribution < 1.29 is 13.0 Å². The average Bonchev–Trinajstić information content (AvgIpc) is 3.28. The van der Waals surface area contributed by atoms with Gasteiger partial charge in [-0.3, -0.25) is 4.55 Å². The van der Waals surface area contributed by atoms with E-state index in [1.165, 1.54) is 0 Å². The number of hydrogen-bond acceptors (Lipinski definition) is 4. The Morgan fingerprint density at radius 1 is 0.867 bits per heavy atom. The SMILES string of the molecule is CCn1c(C(CCCS(=O)(=O)O)c2nc3ccccc3n2CC)nc2ccccc21. The molecule has 0 aliphatic carbocycles. The van der Waals surface area contributed by atoms with Crippen LogP contribution in [-0.4, -0.2) is 37.8 Å². The van der Waals surface area contributed by atoms with E-state index < -0.39 is 10.1 Å². The monoisotopic (exact) mass is 426 g/mol. The molecule has 2 aromatic heterocycles. The molecule has 0 amide bonds. The van der Waals surface area contributed by atoms with Crippen molar-refractivity contribution in [3.8, 4) is 0 Å². The van der Waals surface area contributed by atoms with Gasteiger partial charge in [0.2, 0.25) is 0 Å². The van der Waals surface area contributed by atoms with Crippen LogP contribution >= 0.6 is 0 Å². The molecule has 7 nitrogen and oxygen atoms in total. The normalized spacial score (nSPS) is 12.4. The van der Waals surface area contributed by atoms with Gasteiger partial charge in [0.1, 0.15) is 11.6 Å². The zero-order valence-corrected chi connectivity index (χ0v) is 18.0. The van der Waals surface area contributed by atoms with Gasteiger partial charge in [0.25, 0.3) is 10.1 Å². The van der Waals surface area contributed by atoms with Crippen molar-refractivity contribution in [1.82, 2.24) is 19.1 Å². The van der Waals surface area contributed by atoms with Crippen molar-refractivity contribution in [2.45, 2.75) is 45.7 Å². The number of aryl methyl sites for hydroxylation is 2. The summed E-state index contributed by atoms with van der Waals surface area (Å²) in [6.45, 7) is 5.65. The third kappa shape index (κ3) is 3.85. The zero-order chi connectivity index (χ0) is 21.3. The Hall–Kier alpha value is -2.71. The van der Waals surface area contributed by atoms with Gasteiger partial charge in [-0.05, 0) is 51.0 Å². The Morgan fingerprint density at radius 3 is 1.77 bits per heavy atom. The van der Waals surface area contributed by atoms with Crippen LogP contribution in [0.25, 0.3) is 22.1 Å². The summed E-state index contributed by atoms with van der Waals surface area (Å²) in [7, 11) is -4.02. The second kappa shape index (κ2) is 8.20. The van der Waals surface area contributed by atoms with Crippen molar-refractivity contribution in [3.05, 3.63) is 60.2 Å². The van der Waals surface area contributed by atoms with E-state index in [2.05, 4.69) is 23.0 Å². The smallest absolute Gasteiger partial charge is 0.264 e. The molecule has 4 aromatic rings. The van der Waals surface area contributed by atoms with E-state index >= 15 is 0 Å². The van der Waals surface area contributed by atoms with E-state index in [0.717, 1.165) is 46.8 Å². The molecule has 0 spiro atoms. The number of rotatable bonds is 8. The molecule has 1 N–H and O–H groups in total. The van der Waals surface area contributed by atoms with Crippen molar-refractivity contribution in [1.29, 1.82) is 0 Å². The van der Waals surface area contributed by atoms with Crippen LogP contribution in [0.15, 0.2) is 48.5 Å². The Kier molecular flexibility index (Phi) is 5.62. The second-order valence-corrected chi connectivity index (χ2v) is 8.96. The molecule has 158 valence electrons. The Morgan fingerprint density at radius 2 is 1.33 bits per heavy atom. The van der Waals surface area contributed by atoms with Gasteiger partial charge in [-0.1, -0.05) is 24.3 Å². The molecule has 0 saturated carbocycles. The van der Waals surface area contributed by atoms with E-state index in [1.807, 2.05) is 48.5 Å². The van der Waals surface area contributed by atoms with Gasteiger partial charge in [-0.2, -0.15) is 8.42 Å². The van der Waals surface area contributed by atoms with Crippen LogP contribution in [-0.2, 0) is 23.2 Å². The van der Waals surface area contributed by atoms with Crippen LogP contribution in [0, 0.1) is 0 Å². The fraction of sp³-hybridized carbons (Fsp3) is 0.364. The fourth-order valence-corrected chi connectivity index (χ4v) is 4.76. The Labute approximate surface area is 176 Å². The number of fused-ring (bicyclic) bond motifs is 2. The van der Waals surface area contributed by atoms with Crippen molar-refractivity contribution in [2.24, 2.45) is 0 Å². The van der Waals surface area contributed by atoms with Gasteiger partial charge >= 0.3 is 0 Å². The maximum absolute atomic E-state index is 11.3. The first-order valence-electron chi connectivity index (χ1n) is 10.3. The summed E-state index contributed by atoms with van der Waals surface area (Å²) in [5.74, 6) is 1.28. The minimum absolute atomic E-state index is 0.188. The number of nitrogens with zero attached hydrogens (tertiary/aromatic N) is 4. The van der Waals surface area contributed by atoms with E-state index in [1.54, 1.807) is 0 Å². The lowest BCUT2D eigenvalue weighted by atomic mass is 10.0. The van der Waals surface area contributed by atoms with E-state index in [0.29, 0.717) is 12.8 Å². The van der Waals surface area contributed by atoms with E-state index in [4.69, 9.17) is 9.97 Å². The lowest BCUT2D eigenvalue weighted by Gasteiger charge is -2.19. The summed E-state index contributed by atoms with van der Waals surface area (Å²) >= 11 is 0. The molecule has 30 heavy (non-hydrogen) atoms. The highest BCUT2D eigenvalue weighted by atomic mass is 32.2. The van der Waals surface area contributed by atoms with Crippen molar-refractivity contribution in [3.63, 3.8) is 0 Å². The first-order valence-corrected chi connectivity index (χ1v) is 11.9. The molecule has 4 rings (SSSR count). The van der Waals surface area contributed by atoms with Crippen LogP contribution in [0.2, 0.25) is 0 Å². The van der Waals surface area contributed by atoms with Gasteiger partial charge in [0, 0.05) is 13.1 Å². The second-order valence-electron chi connectivity index (χ2n) is 7.39. The lowest BCUT2D eigenvalue weighted by molar-refractivity contribution is 0.476. The molecule has 0 aliphatic rings. The molecule has 0 fully saturated rings. The van der Waals surface area contributed by atoms with Crippen LogP contribution < -0.4 is 0 Å². The quantitative estimate of drug-likeness (QED) is 0.426. The fourth-order valence-electron chi connectivity index (χ4n) is 4.23. The highest BCUT2D eigenvalue weighted by Crippen LogP contribution is 2.33. The molecular formula is C22H26N4O3S. The summed E-state index contributed by atoms with van der Waals surface area (Å²) in [5, 5.41) is 0. The summed E-state index contributed by atoms with van der Waals surface area (Å²) in [4.78, 5) is 9.84. The summed E-state index contributed by atoms with van der Waals surface area (Å²) in [6.07, 6.45) is 0.843. The Bertz CT molecular complexity index is 1210.